The van der Waals surface area contributed by atoms with Crippen molar-refractivity contribution in [1.82, 2.24) is 4.31 Å². The zero-order chi connectivity index (χ0) is 13.1. The molecule has 0 amide bonds. The molecule has 6 heteroatoms. The topological polar surface area (TPSA) is 66.8 Å². The van der Waals surface area contributed by atoms with Gasteiger partial charge in [-0.3, -0.25) is 0 Å². The average molecular weight is 259 g/mol. The molecule has 5 nitrogen and oxygen atoms in total. The van der Waals surface area contributed by atoms with Crippen LogP contribution in [0.15, 0.2) is 23.1 Å². The number of nitrogens with zero attached hydrogens (tertiary/aromatic N) is 1. The summed E-state index contributed by atoms with van der Waals surface area (Å²) in [7, 11) is -0.434. The zero-order valence-corrected chi connectivity index (χ0v) is 11.0. The summed E-state index contributed by atoms with van der Waals surface area (Å²) in [4.78, 5) is 0.233. The van der Waals surface area contributed by atoms with Crippen LogP contribution in [-0.2, 0) is 10.0 Å². The molecular formula is C11H17NO4S. The van der Waals surface area contributed by atoms with Crippen molar-refractivity contribution in [2.75, 3.05) is 27.3 Å². The number of hydrogen-bond acceptors (Lipinski definition) is 4. The molecule has 0 saturated heterocycles. The smallest absolute Gasteiger partial charge is 0.242 e. The Labute approximate surface area is 102 Å². The third kappa shape index (κ3) is 3.18. The Hall–Kier alpha value is -1.11. The maximum atomic E-state index is 11.9. The highest BCUT2D eigenvalue weighted by atomic mass is 32.2. The summed E-state index contributed by atoms with van der Waals surface area (Å²) >= 11 is 0. The first-order valence-corrected chi connectivity index (χ1v) is 6.60. The van der Waals surface area contributed by atoms with E-state index in [0.29, 0.717) is 5.75 Å². The summed E-state index contributed by atoms with van der Waals surface area (Å²) in [6.07, 6.45) is 0. The minimum atomic E-state index is -3.41. The molecule has 0 aromatic heterocycles. The van der Waals surface area contributed by atoms with Gasteiger partial charge in [-0.05, 0) is 30.7 Å². The van der Waals surface area contributed by atoms with Crippen LogP contribution in [-0.4, -0.2) is 45.1 Å². The number of ether oxygens (including phenoxy) is 1. The lowest BCUT2D eigenvalue weighted by atomic mass is 10.2. The van der Waals surface area contributed by atoms with Gasteiger partial charge in [-0.15, -0.1) is 0 Å². The van der Waals surface area contributed by atoms with Crippen molar-refractivity contribution < 1.29 is 18.3 Å². The standard InChI is InChI=1S/C11H17NO4S/c1-9-8-10(17(14,15)12(2)3)4-5-11(9)16-7-6-13/h4-5,8,13H,6-7H2,1-3H3. The van der Waals surface area contributed by atoms with Crippen LogP contribution >= 0.6 is 0 Å². The molecule has 96 valence electrons. The normalized spacial score (nSPS) is 11.8. The van der Waals surface area contributed by atoms with Crippen molar-refractivity contribution in [1.29, 1.82) is 0 Å². The average Bonchev–Trinajstić information content (AvgIpc) is 2.27. The molecule has 1 aromatic rings. The van der Waals surface area contributed by atoms with Crippen molar-refractivity contribution in [2.24, 2.45) is 0 Å². The molecule has 0 bridgehead atoms. The van der Waals surface area contributed by atoms with E-state index in [-0.39, 0.29) is 18.1 Å². The molecule has 1 aromatic carbocycles. The number of hydrogen-bond donors (Lipinski definition) is 1. The van der Waals surface area contributed by atoms with Gasteiger partial charge in [-0.1, -0.05) is 0 Å². The van der Waals surface area contributed by atoms with Crippen LogP contribution in [0.1, 0.15) is 5.56 Å². The quantitative estimate of drug-likeness (QED) is 0.841. The fourth-order valence-electron chi connectivity index (χ4n) is 1.31. The Morgan fingerprint density at radius 2 is 2.00 bits per heavy atom. The van der Waals surface area contributed by atoms with Gasteiger partial charge >= 0.3 is 0 Å². The van der Waals surface area contributed by atoms with Gasteiger partial charge in [0.2, 0.25) is 10.0 Å². The fraction of sp³-hybridized carbons (Fsp3) is 0.455. The van der Waals surface area contributed by atoms with Gasteiger partial charge in [-0.2, -0.15) is 0 Å². The molecule has 0 unspecified atom stereocenters. The molecule has 0 aliphatic rings. The number of aliphatic hydroxyl groups excluding tert-OH is 1. The van der Waals surface area contributed by atoms with Crippen LogP contribution < -0.4 is 4.74 Å². The van der Waals surface area contributed by atoms with E-state index in [1.165, 1.54) is 20.2 Å². The molecule has 0 fully saturated rings. The van der Waals surface area contributed by atoms with Gasteiger partial charge in [0, 0.05) is 14.1 Å². The van der Waals surface area contributed by atoms with Crippen LogP contribution in [0.4, 0.5) is 0 Å². The van der Waals surface area contributed by atoms with Crippen LogP contribution in [0.2, 0.25) is 0 Å². The predicted octanol–water partition coefficient (Wildman–Crippen LogP) is 0.616. The van der Waals surface area contributed by atoms with Crippen LogP contribution in [0.25, 0.3) is 0 Å². The van der Waals surface area contributed by atoms with E-state index < -0.39 is 10.0 Å². The maximum Gasteiger partial charge on any atom is 0.242 e. The van der Waals surface area contributed by atoms with E-state index in [0.717, 1.165) is 9.87 Å². The Kier molecular flexibility index (Phi) is 4.50. The lowest BCUT2D eigenvalue weighted by Crippen LogP contribution is -2.22. The highest BCUT2D eigenvalue weighted by Crippen LogP contribution is 2.22. The first-order valence-electron chi connectivity index (χ1n) is 5.16. The molecule has 0 saturated carbocycles. The molecule has 0 aliphatic heterocycles. The summed E-state index contributed by atoms with van der Waals surface area (Å²) in [5.41, 5.74) is 0.723. The highest BCUT2D eigenvalue weighted by molar-refractivity contribution is 7.89. The maximum absolute atomic E-state index is 11.9. The SMILES string of the molecule is Cc1cc(S(=O)(=O)N(C)C)ccc1OCCO. The van der Waals surface area contributed by atoms with Gasteiger partial charge in [0.1, 0.15) is 12.4 Å². The van der Waals surface area contributed by atoms with E-state index in [9.17, 15) is 8.42 Å². The molecule has 0 heterocycles. The van der Waals surface area contributed by atoms with Gasteiger partial charge in [0.15, 0.2) is 0 Å². The van der Waals surface area contributed by atoms with Gasteiger partial charge < -0.3 is 9.84 Å². The highest BCUT2D eigenvalue weighted by Gasteiger charge is 2.17. The van der Waals surface area contributed by atoms with E-state index in [4.69, 9.17) is 9.84 Å². The molecular weight excluding hydrogens is 242 g/mol. The monoisotopic (exact) mass is 259 g/mol. The minimum Gasteiger partial charge on any atom is -0.491 e. The first kappa shape index (κ1) is 14.0. The van der Waals surface area contributed by atoms with Crippen LogP contribution in [0.3, 0.4) is 0 Å². The van der Waals surface area contributed by atoms with E-state index in [2.05, 4.69) is 0 Å². The van der Waals surface area contributed by atoms with Gasteiger partial charge in [0.25, 0.3) is 0 Å². The lowest BCUT2D eigenvalue weighted by molar-refractivity contribution is 0.200. The fourth-order valence-corrected chi connectivity index (χ4v) is 2.30. The second-order valence-electron chi connectivity index (χ2n) is 3.79. The number of rotatable bonds is 5. The van der Waals surface area contributed by atoms with Crippen molar-refractivity contribution >= 4 is 10.0 Å². The molecule has 17 heavy (non-hydrogen) atoms. The number of aliphatic hydroxyl groups is 1. The van der Waals surface area contributed by atoms with Crippen molar-refractivity contribution in [2.45, 2.75) is 11.8 Å². The van der Waals surface area contributed by atoms with E-state index in [1.54, 1.807) is 19.1 Å². The second kappa shape index (κ2) is 5.48. The molecule has 0 aliphatic carbocycles. The third-order valence-corrected chi connectivity index (χ3v) is 4.08. The van der Waals surface area contributed by atoms with E-state index >= 15 is 0 Å². The summed E-state index contributed by atoms with van der Waals surface area (Å²) in [6.45, 7) is 1.89. The first-order chi connectivity index (χ1) is 7.89. The van der Waals surface area contributed by atoms with Crippen molar-refractivity contribution in [3.8, 4) is 5.75 Å². The molecule has 0 atom stereocenters. The number of sulfonamides is 1. The summed E-state index contributed by atoms with van der Waals surface area (Å²) in [5.74, 6) is 0.580. The Morgan fingerprint density at radius 3 is 2.47 bits per heavy atom. The zero-order valence-electron chi connectivity index (χ0n) is 10.2. The molecule has 1 rings (SSSR count). The second-order valence-corrected chi connectivity index (χ2v) is 5.94. The van der Waals surface area contributed by atoms with Crippen molar-refractivity contribution in [3.63, 3.8) is 0 Å². The summed E-state index contributed by atoms with van der Waals surface area (Å²) in [5, 5.41) is 8.65. The van der Waals surface area contributed by atoms with Gasteiger partial charge in [0.05, 0.1) is 11.5 Å². The van der Waals surface area contributed by atoms with Crippen LogP contribution in [0.5, 0.6) is 5.75 Å². The minimum absolute atomic E-state index is 0.0722. The molecule has 1 N–H and O–H groups in total. The third-order valence-electron chi connectivity index (χ3n) is 2.27. The summed E-state index contributed by atoms with van der Waals surface area (Å²) in [6, 6.07) is 4.65. The lowest BCUT2D eigenvalue weighted by Gasteiger charge is -2.13. The Morgan fingerprint density at radius 1 is 1.35 bits per heavy atom. The Balaban J connectivity index is 3.05. The molecule has 0 spiro atoms. The predicted molar refractivity (Wildman–Crippen MR) is 64.6 cm³/mol. The number of benzene rings is 1. The number of aryl methyl sites for hydroxylation is 1. The molecule has 0 radical (unpaired) electrons. The Bertz CT molecular complexity index is 482. The largest absolute Gasteiger partial charge is 0.491 e. The van der Waals surface area contributed by atoms with E-state index in [1.807, 2.05) is 0 Å². The van der Waals surface area contributed by atoms with Crippen molar-refractivity contribution in [3.05, 3.63) is 23.8 Å². The van der Waals surface area contributed by atoms with Gasteiger partial charge in [-0.25, -0.2) is 12.7 Å². The van der Waals surface area contributed by atoms with Crippen LogP contribution in [0, 0.1) is 6.92 Å². The summed E-state index contributed by atoms with van der Waals surface area (Å²) < 4.78 is 30.1.